The number of benzene rings is 1. The topological polar surface area (TPSA) is 47.3 Å². The summed E-state index contributed by atoms with van der Waals surface area (Å²) in [7, 11) is 3.24. The van der Waals surface area contributed by atoms with Crippen molar-refractivity contribution in [1.29, 1.82) is 0 Å². The van der Waals surface area contributed by atoms with Gasteiger partial charge in [0.15, 0.2) is 0 Å². The monoisotopic (exact) mass is 342 g/mol. The number of methoxy groups -OCH3 is 1. The maximum absolute atomic E-state index is 13.9. The van der Waals surface area contributed by atoms with Gasteiger partial charge in [0, 0.05) is 13.5 Å². The minimum atomic E-state index is -1.00. The molecular formula is C14H16BrFN2O2. The lowest BCUT2D eigenvalue weighted by molar-refractivity contribution is 0.166. The van der Waals surface area contributed by atoms with Crippen LogP contribution in [-0.2, 0) is 13.5 Å². The third kappa shape index (κ3) is 2.71. The van der Waals surface area contributed by atoms with E-state index in [-0.39, 0.29) is 12.0 Å². The minimum Gasteiger partial charge on any atom is -0.496 e. The number of halogens is 2. The number of nitrogens with zero attached hydrogens (tertiary/aromatic N) is 2. The highest BCUT2D eigenvalue weighted by atomic mass is 79.9. The van der Waals surface area contributed by atoms with Gasteiger partial charge < -0.3 is 9.84 Å². The first-order chi connectivity index (χ1) is 9.45. The zero-order valence-corrected chi connectivity index (χ0v) is 13.1. The van der Waals surface area contributed by atoms with E-state index in [4.69, 9.17) is 4.74 Å². The smallest absolute Gasteiger partial charge is 0.132 e. The molecule has 1 N–H and O–H groups in total. The molecule has 1 unspecified atom stereocenters. The molecule has 2 rings (SSSR count). The number of rotatable bonds is 4. The maximum atomic E-state index is 13.9. The largest absolute Gasteiger partial charge is 0.496 e. The van der Waals surface area contributed by atoms with Crippen LogP contribution in [-0.4, -0.2) is 22.0 Å². The van der Waals surface area contributed by atoms with Crippen LogP contribution in [0.5, 0.6) is 5.75 Å². The van der Waals surface area contributed by atoms with E-state index in [0.29, 0.717) is 5.75 Å². The van der Waals surface area contributed by atoms with Crippen LogP contribution in [0.4, 0.5) is 4.39 Å². The van der Waals surface area contributed by atoms with E-state index in [1.165, 1.54) is 13.2 Å². The first-order valence-corrected chi connectivity index (χ1v) is 6.93. The summed E-state index contributed by atoms with van der Waals surface area (Å²) >= 11 is 3.44. The Labute approximate surface area is 125 Å². The molecule has 0 fully saturated rings. The predicted octanol–water partition coefficient (Wildman–Crippen LogP) is 2.91. The van der Waals surface area contributed by atoms with Crippen molar-refractivity contribution in [2.45, 2.75) is 19.4 Å². The van der Waals surface area contributed by atoms with Crippen LogP contribution in [0.1, 0.15) is 23.1 Å². The van der Waals surface area contributed by atoms with Crippen molar-refractivity contribution in [3.05, 3.63) is 45.4 Å². The van der Waals surface area contributed by atoms with Crippen molar-refractivity contribution in [2.24, 2.45) is 7.05 Å². The molecule has 0 radical (unpaired) electrons. The van der Waals surface area contributed by atoms with Crippen LogP contribution in [0.3, 0.4) is 0 Å². The molecular weight excluding hydrogens is 327 g/mol. The Morgan fingerprint density at radius 3 is 2.75 bits per heavy atom. The standard InChI is InChI=1S/C14H16BrFN2O2/c1-8-14(15)10(18(2)17-8)7-11(19)13-9(16)5-4-6-12(13)20-3/h4-6,11,19H,7H2,1-3H3. The molecule has 0 aliphatic rings. The molecule has 0 aliphatic heterocycles. The van der Waals surface area contributed by atoms with Crippen LogP contribution in [0.2, 0.25) is 0 Å². The van der Waals surface area contributed by atoms with Gasteiger partial charge in [-0.2, -0.15) is 5.10 Å². The molecule has 1 heterocycles. The van der Waals surface area contributed by atoms with Crippen LogP contribution in [0, 0.1) is 12.7 Å². The van der Waals surface area contributed by atoms with Crippen molar-refractivity contribution in [3.8, 4) is 5.75 Å². The van der Waals surface area contributed by atoms with Crippen LogP contribution >= 0.6 is 15.9 Å². The van der Waals surface area contributed by atoms with Crippen molar-refractivity contribution in [1.82, 2.24) is 9.78 Å². The Kier molecular flexibility index (Phi) is 4.45. The second-order valence-electron chi connectivity index (χ2n) is 4.55. The predicted molar refractivity (Wildman–Crippen MR) is 77.3 cm³/mol. The fourth-order valence-electron chi connectivity index (χ4n) is 2.21. The highest BCUT2D eigenvalue weighted by molar-refractivity contribution is 9.10. The van der Waals surface area contributed by atoms with Crippen molar-refractivity contribution in [2.75, 3.05) is 7.11 Å². The van der Waals surface area contributed by atoms with Gasteiger partial charge in [-0.25, -0.2) is 4.39 Å². The van der Waals surface area contributed by atoms with Gasteiger partial charge in [0.05, 0.1) is 34.6 Å². The first-order valence-electron chi connectivity index (χ1n) is 6.14. The number of aromatic nitrogens is 2. The first kappa shape index (κ1) is 15.0. The average molecular weight is 343 g/mol. The number of hydrogen-bond acceptors (Lipinski definition) is 3. The molecule has 108 valence electrons. The highest BCUT2D eigenvalue weighted by Crippen LogP contribution is 2.32. The van der Waals surface area contributed by atoms with Gasteiger partial charge in [0.1, 0.15) is 11.6 Å². The van der Waals surface area contributed by atoms with E-state index >= 15 is 0 Å². The molecule has 1 atom stereocenters. The number of aliphatic hydroxyl groups is 1. The van der Waals surface area contributed by atoms with Crippen molar-refractivity contribution in [3.63, 3.8) is 0 Å². The fourth-order valence-corrected chi connectivity index (χ4v) is 2.70. The summed E-state index contributed by atoms with van der Waals surface area (Å²) in [6, 6.07) is 4.49. The van der Waals surface area contributed by atoms with E-state index in [1.54, 1.807) is 23.9 Å². The molecule has 0 amide bonds. The number of hydrogen-bond donors (Lipinski definition) is 1. The van der Waals surface area contributed by atoms with E-state index in [1.807, 2.05) is 6.92 Å². The van der Waals surface area contributed by atoms with Crippen molar-refractivity contribution >= 4 is 15.9 Å². The summed E-state index contributed by atoms with van der Waals surface area (Å²) in [6.45, 7) is 1.86. The lowest BCUT2D eigenvalue weighted by Crippen LogP contribution is -2.10. The van der Waals surface area contributed by atoms with Gasteiger partial charge in [-0.15, -0.1) is 0 Å². The Hall–Kier alpha value is -1.40. The van der Waals surface area contributed by atoms with Crippen molar-refractivity contribution < 1.29 is 14.2 Å². The number of aliphatic hydroxyl groups excluding tert-OH is 1. The molecule has 2 aromatic rings. The summed E-state index contributed by atoms with van der Waals surface area (Å²) in [5.41, 5.74) is 1.80. The fraction of sp³-hybridized carbons (Fsp3) is 0.357. The third-order valence-corrected chi connectivity index (χ3v) is 4.25. The maximum Gasteiger partial charge on any atom is 0.132 e. The summed E-state index contributed by atoms with van der Waals surface area (Å²) in [4.78, 5) is 0. The molecule has 1 aromatic carbocycles. The average Bonchev–Trinajstić information content (AvgIpc) is 2.64. The Morgan fingerprint density at radius 2 is 2.20 bits per heavy atom. The van der Waals surface area contributed by atoms with Gasteiger partial charge in [0.2, 0.25) is 0 Å². The highest BCUT2D eigenvalue weighted by Gasteiger charge is 2.22. The van der Waals surface area contributed by atoms with Gasteiger partial charge >= 0.3 is 0 Å². The molecule has 0 saturated heterocycles. The Balaban J connectivity index is 2.35. The quantitative estimate of drug-likeness (QED) is 0.929. The molecule has 0 bridgehead atoms. The second kappa shape index (κ2) is 5.93. The van der Waals surface area contributed by atoms with Gasteiger partial charge in [-0.3, -0.25) is 4.68 Å². The zero-order chi connectivity index (χ0) is 14.9. The normalized spacial score (nSPS) is 12.5. The molecule has 0 aliphatic carbocycles. The van der Waals surface area contributed by atoms with E-state index in [0.717, 1.165) is 15.9 Å². The van der Waals surface area contributed by atoms with Gasteiger partial charge in [-0.1, -0.05) is 6.07 Å². The van der Waals surface area contributed by atoms with E-state index in [9.17, 15) is 9.50 Å². The number of ether oxygens (including phenoxy) is 1. The van der Waals surface area contributed by atoms with Gasteiger partial charge in [0.25, 0.3) is 0 Å². The summed E-state index contributed by atoms with van der Waals surface area (Å²) < 4.78 is 21.5. The molecule has 0 spiro atoms. The van der Waals surface area contributed by atoms with Crippen LogP contribution < -0.4 is 4.74 Å². The summed E-state index contributed by atoms with van der Waals surface area (Å²) in [6.07, 6.45) is -0.757. The number of aryl methyl sites for hydroxylation is 2. The summed E-state index contributed by atoms with van der Waals surface area (Å²) in [5, 5.41) is 14.6. The molecule has 6 heteroatoms. The van der Waals surface area contributed by atoms with Crippen LogP contribution in [0.15, 0.2) is 22.7 Å². The zero-order valence-electron chi connectivity index (χ0n) is 11.5. The lowest BCUT2D eigenvalue weighted by atomic mass is 10.0. The Bertz CT molecular complexity index is 628. The molecule has 1 aromatic heterocycles. The van der Waals surface area contributed by atoms with Gasteiger partial charge in [-0.05, 0) is 35.0 Å². The molecule has 4 nitrogen and oxygen atoms in total. The Morgan fingerprint density at radius 1 is 1.50 bits per heavy atom. The molecule has 20 heavy (non-hydrogen) atoms. The second-order valence-corrected chi connectivity index (χ2v) is 5.34. The lowest BCUT2D eigenvalue weighted by Gasteiger charge is -2.16. The summed E-state index contributed by atoms with van der Waals surface area (Å²) in [5.74, 6) is -0.139. The molecule has 0 saturated carbocycles. The third-order valence-electron chi connectivity index (χ3n) is 3.21. The minimum absolute atomic E-state index is 0.167. The van der Waals surface area contributed by atoms with E-state index in [2.05, 4.69) is 21.0 Å². The van der Waals surface area contributed by atoms with Crippen LogP contribution in [0.25, 0.3) is 0 Å². The van der Waals surface area contributed by atoms with E-state index < -0.39 is 11.9 Å². The SMILES string of the molecule is COc1cccc(F)c1C(O)Cc1c(Br)c(C)nn1C.